The lowest BCUT2D eigenvalue weighted by Crippen LogP contribution is -2.32. The van der Waals surface area contributed by atoms with E-state index in [1.807, 2.05) is 0 Å². The molecule has 1 atom stereocenters. The van der Waals surface area contributed by atoms with Crippen LogP contribution in [0.5, 0.6) is 0 Å². The maximum Gasteiger partial charge on any atom is 0.0791 e. The minimum atomic E-state index is -0.265. The molecule has 1 unspecified atom stereocenters. The first kappa shape index (κ1) is 9.97. The van der Waals surface area contributed by atoms with Crippen molar-refractivity contribution < 1.29 is 5.11 Å². The van der Waals surface area contributed by atoms with Crippen molar-refractivity contribution in [2.24, 2.45) is 0 Å². The summed E-state index contributed by atoms with van der Waals surface area (Å²) in [6, 6.07) is 0. The van der Waals surface area contributed by atoms with Gasteiger partial charge in [-0.3, -0.25) is 4.90 Å². The van der Waals surface area contributed by atoms with E-state index in [1.165, 1.54) is 11.5 Å². The topological polar surface area (TPSA) is 61.3 Å². The van der Waals surface area contributed by atoms with Crippen LogP contribution in [0.3, 0.4) is 0 Å². The first-order chi connectivity index (χ1) is 6.84. The van der Waals surface area contributed by atoms with E-state index >= 15 is 0 Å². The number of hydrogen-bond donors (Lipinski definition) is 2. The van der Waals surface area contributed by atoms with Crippen molar-refractivity contribution in [1.82, 2.24) is 19.8 Å². The van der Waals surface area contributed by atoms with E-state index in [0.717, 1.165) is 31.1 Å². The van der Waals surface area contributed by atoms with Gasteiger partial charge in [-0.15, -0.1) is 5.10 Å². The van der Waals surface area contributed by atoms with Gasteiger partial charge in [-0.2, -0.15) is 0 Å². The van der Waals surface area contributed by atoms with E-state index in [0.29, 0.717) is 6.54 Å². The normalized spacial score (nSPS) is 24.8. The maximum absolute atomic E-state index is 9.56. The fourth-order valence-electron chi connectivity index (χ4n) is 1.58. The molecule has 1 aliphatic rings. The Hall–Kier alpha value is -0.560. The molecule has 0 aromatic carbocycles. The van der Waals surface area contributed by atoms with Gasteiger partial charge in [0.15, 0.2) is 0 Å². The van der Waals surface area contributed by atoms with Gasteiger partial charge in [0.2, 0.25) is 0 Å². The molecule has 0 spiro atoms. The molecule has 0 saturated carbocycles. The molecule has 6 heteroatoms. The fourth-order valence-corrected chi connectivity index (χ4v) is 2.11. The van der Waals surface area contributed by atoms with Crippen LogP contribution in [-0.2, 0) is 6.54 Å². The van der Waals surface area contributed by atoms with Crippen molar-refractivity contribution in [2.45, 2.75) is 12.6 Å². The largest absolute Gasteiger partial charge is 0.390 e. The Morgan fingerprint density at radius 3 is 3.43 bits per heavy atom. The highest BCUT2D eigenvalue weighted by molar-refractivity contribution is 7.05. The molecular formula is C8H14N4OS. The van der Waals surface area contributed by atoms with Crippen molar-refractivity contribution >= 4 is 11.5 Å². The summed E-state index contributed by atoms with van der Waals surface area (Å²) >= 11 is 1.42. The van der Waals surface area contributed by atoms with Crippen LogP contribution in [0.2, 0.25) is 0 Å². The highest BCUT2D eigenvalue weighted by atomic mass is 32.1. The Morgan fingerprint density at radius 1 is 1.71 bits per heavy atom. The fraction of sp³-hybridized carbons (Fsp3) is 0.750. The molecule has 14 heavy (non-hydrogen) atoms. The number of nitrogens with one attached hydrogen (secondary N) is 1. The molecule has 0 aliphatic carbocycles. The molecule has 1 saturated heterocycles. The smallest absolute Gasteiger partial charge is 0.0791 e. The van der Waals surface area contributed by atoms with Gasteiger partial charge in [0.25, 0.3) is 0 Å². The molecule has 1 aromatic rings. The second kappa shape index (κ2) is 4.79. The summed E-state index contributed by atoms with van der Waals surface area (Å²) in [5.74, 6) is 0. The first-order valence-electron chi connectivity index (χ1n) is 4.72. The lowest BCUT2D eigenvalue weighted by molar-refractivity contribution is 0.128. The van der Waals surface area contributed by atoms with E-state index < -0.39 is 0 Å². The molecule has 2 N–H and O–H groups in total. The number of nitrogens with zero attached hydrogens (tertiary/aromatic N) is 3. The van der Waals surface area contributed by atoms with Crippen molar-refractivity contribution in [2.75, 3.05) is 26.2 Å². The molecule has 1 fully saturated rings. The van der Waals surface area contributed by atoms with Gasteiger partial charge >= 0.3 is 0 Å². The lowest BCUT2D eigenvalue weighted by Gasteiger charge is -2.19. The Labute approximate surface area is 86.9 Å². The van der Waals surface area contributed by atoms with E-state index in [4.69, 9.17) is 0 Å². The van der Waals surface area contributed by atoms with E-state index in [1.54, 1.807) is 6.20 Å². The third-order valence-corrected chi connectivity index (χ3v) is 2.89. The Bertz CT molecular complexity index is 266. The Kier molecular flexibility index (Phi) is 3.41. The van der Waals surface area contributed by atoms with Gasteiger partial charge in [0.05, 0.1) is 17.2 Å². The number of aliphatic hydroxyl groups is 1. The molecule has 0 amide bonds. The average molecular weight is 214 g/mol. The van der Waals surface area contributed by atoms with Gasteiger partial charge in [0, 0.05) is 32.7 Å². The third kappa shape index (κ3) is 2.71. The predicted molar refractivity (Wildman–Crippen MR) is 54.1 cm³/mol. The van der Waals surface area contributed by atoms with Crippen LogP contribution in [0.1, 0.15) is 4.88 Å². The van der Waals surface area contributed by atoms with Crippen LogP contribution in [0.15, 0.2) is 6.20 Å². The van der Waals surface area contributed by atoms with Gasteiger partial charge in [-0.1, -0.05) is 4.49 Å². The van der Waals surface area contributed by atoms with Gasteiger partial charge in [-0.05, 0) is 11.5 Å². The summed E-state index contributed by atoms with van der Waals surface area (Å²) in [4.78, 5) is 3.37. The minimum absolute atomic E-state index is 0.265. The molecule has 78 valence electrons. The van der Waals surface area contributed by atoms with Gasteiger partial charge < -0.3 is 10.4 Å². The summed E-state index contributed by atoms with van der Waals surface area (Å²) in [5, 5.41) is 16.5. The predicted octanol–water partition coefficient (Wildman–Crippen LogP) is -0.696. The molecule has 0 radical (unpaired) electrons. The zero-order valence-corrected chi connectivity index (χ0v) is 8.70. The van der Waals surface area contributed by atoms with Gasteiger partial charge in [0.1, 0.15) is 0 Å². The first-order valence-corrected chi connectivity index (χ1v) is 5.49. The summed E-state index contributed by atoms with van der Waals surface area (Å²) in [6.07, 6.45) is 1.52. The van der Waals surface area contributed by atoms with Crippen LogP contribution in [0.4, 0.5) is 0 Å². The summed E-state index contributed by atoms with van der Waals surface area (Å²) in [6.45, 7) is 4.16. The van der Waals surface area contributed by atoms with Crippen molar-refractivity contribution in [3.8, 4) is 0 Å². The summed E-state index contributed by atoms with van der Waals surface area (Å²) in [7, 11) is 0. The maximum atomic E-state index is 9.56. The van der Waals surface area contributed by atoms with E-state index in [-0.39, 0.29) is 6.10 Å². The molecule has 2 heterocycles. The summed E-state index contributed by atoms with van der Waals surface area (Å²) < 4.78 is 3.82. The van der Waals surface area contributed by atoms with Crippen molar-refractivity contribution in [1.29, 1.82) is 0 Å². The zero-order chi connectivity index (χ0) is 9.80. The Balaban J connectivity index is 1.90. The van der Waals surface area contributed by atoms with Crippen LogP contribution in [-0.4, -0.2) is 51.9 Å². The second-order valence-electron chi connectivity index (χ2n) is 3.48. The number of aliphatic hydroxyl groups excluding tert-OH is 1. The van der Waals surface area contributed by atoms with E-state index in [2.05, 4.69) is 19.8 Å². The second-order valence-corrected chi connectivity index (χ2v) is 4.35. The molecule has 2 rings (SSSR count). The van der Waals surface area contributed by atoms with Crippen LogP contribution in [0, 0.1) is 0 Å². The molecular weight excluding hydrogens is 200 g/mol. The number of rotatable bonds is 2. The number of aromatic nitrogens is 2. The monoisotopic (exact) mass is 214 g/mol. The van der Waals surface area contributed by atoms with E-state index in [9.17, 15) is 5.11 Å². The Morgan fingerprint density at radius 2 is 2.64 bits per heavy atom. The highest BCUT2D eigenvalue weighted by Crippen LogP contribution is 2.08. The standard InChI is InChI=1S/C8H14N4OS/c13-7-3-9-1-2-12(5-7)6-8-4-10-11-14-8/h4,7,9,13H,1-3,5-6H2. The lowest BCUT2D eigenvalue weighted by atomic mass is 10.3. The quantitative estimate of drug-likeness (QED) is 0.682. The van der Waals surface area contributed by atoms with Crippen LogP contribution < -0.4 is 5.32 Å². The average Bonchev–Trinajstić information content (AvgIpc) is 2.56. The number of hydrogen-bond acceptors (Lipinski definition) is 6. The number of β-amino-alcohol motifs (C(OH)–C–C–N with tert-alkyl or cyclic N) is 1. The minimum Gasteiger partial charge on any atom is -0.390 e. The van der Waals surface area contributed by atoms with Crippen LogP contribution >= 0.6 is 11.5 Å². The molecule has 1 aliphatic heterocycles. The van der Waals surface area contributed by atoms with Gasteiger partial charge in [-0.25, -0.2) is 0 Å². The molecule has 5 nitrogen and oxygen atoms in total. The molecule has 0 bridgehead atoms. The molecule has 1 aromatic heterocycles. The third-order valence-electron chi connectivity index (χ3n) is 2.24. The highest BCUT2D eigenvalue weighted by Gasteiger charge is 2.15. The SMILES string of the molecule is OC1CNCCN(Cc2cnns2)C1. The summed E-state index contributed by atoms with van der Waals surface area (Å²) in [5.41, 5.74) is 0. The van der Waals surface area contributed by atoms with Crippen molar-refractivity contribution in [3.63, 3.8) is 0 Å². The van der Waals surface area contributed by atoms with Crippen LogP contribution in [0.25, 0.3) is 0 Å². The zero-order valence-electron chi connectivity index (χ0n) is 7.89. The van der Waals surface area contributed by atoms with Crippen molar-refractivity contribution in [3.05, 3.63) is 11.1 Å².